The van der Waals surface area contributed by atoms with Gasteiger partial charge in [0, 0.05) is 29.6 Å². The molecular formula is C20H19N7O3S. The third kappa shape index (κ3) is 4.31. The summed E-state index contributed by atoms with van der Waals surface area (Å²) in [5.41, 5.74) is 2.34. The van der Waals surface area contributed by atoms with Gasteiger partial charge in [-0.05, 0) is 51.4 Å². The van der Waals surface area contributed by atoms with Gasteiger partial charge >= 0.3 is 0 Å². The van der Waals surface area contributed by atoms with E-state index in [-0.39, 0.29) is 17.0 Å². The molecule has 2 aromatic carbocycles. The quantitative estimate of drug-likeness (QED) is 0.332. The molecule has 0 saturated carbocycles. The normalized spacial score (nSPS) is 11.6. The number of benzene rings is 2. The minimum atomic E-state index is -0.468. The van der Waals surface area contributed by atoms with Gasteiger partial charge in [-0.1, -0.05) is 32.9 Å². The highest BCUT2D eigenvalue weighted by Gasteiger charge is 2.21. The van der Waals surface area contributed by atoms with Gasteiger partial charge in [0.1, 0.15) is 0 Å². The molecule has 0 saturated heterocycles. The number of nitrogens with zero attached hydrogens (tertiary/aromatic N) is 7. The van der Waals surface area contributed by atoms with Gasteiger partial charge in [0.15, 0.2) is 0 Å². The molecule has 0 radical (unpaired) electrons. The monoisotopic (exact) mass is 437 g/mol. The lowest BCUT2D eigenvalue weighted by molar-refractivity contribution is -0.384. The van der Waals surface area contributed by atoms with E-state index in [4.69, 9.17) is 4.42 Å². The number of tetrazole rings is 1. The van der Waals surface area contributed by atoms with Crippen molar-refractivity contribution in [2.75, 3.05) is 0 Å². The van der Waals surface area contributed by atoms with Gasteiger partial charge in [-0.3, -0.25) is 10.1 Å². The maximum atomic E-state index is 11.3. The Labute approximate surface area is 181 Å². The van der Waals surface area contributed by atoms with Crippen LogP contribution in [0.4, 0.5) is 5.69 Å². The van der Waals surface area contributed by atoms with Gasteiger partial charge in [-0.2, -0.15) is 0 Å². The summed E-state index contributed by atoms with van der Waals surface area (Å²) in [4.78, 5) is 11.5. The van der Waals surface area contributed by atoms with Crippen LogP contribution in [0.15, 0.2) is 56.9 Å². The number of nitro benzene ring substituents is 1. The number of rotatable bonds is 5. The van der Waals surface area contributed by atoms with Crippen LogP contribution in [0, 0.1) is 10.1 Å². The van der Waals surface area contributed by atoms with Crippen molar-refractivity contribution in [3.05, 3.63) is 58.1 Å². The average molecular weight is 437 g/mol. The molecule has 0 bridgehead atoms. The molecule has 4 rings (SSSR count). The number of hydrogen-bond donors (Lipinski definition) is 0. The van der Waals surface area contributed by atoms with Crippen LogP contribution < -0.4 is 0 Å². The Morgan fingerprint density at radius 3 is 2.35 bits per heavy atom. The standard InChI is InChI=1S/C20H19N7O3S/c1-20(2,3)13-7-5-12(6-8-13)17-21-22-18(30-17)15-11-14(27(28)29)9-10-16(15)31-19-23-24-25-26(19)4/h5-11H,1-4H3. The molecule has 0 aliphatic carbocycles. The fourth-order valence-electron chi connectivity index (χ4n) is 2.86. The molecule has 0 amide bonds. The Hall–Kier alpha value is -3.60. The van der Waals surface area contributed by atoms with E-state index >= 15 is 0 Å². The first-order valence-corrected chi connectivity index (χ1v) is 10.2. The summed E-state index contributed by atoms with van der Waals surface area (Å²) in [5.74, 6) is 0.509. The van der Waals surface area contributed by atoms with E-state index in [1.807, 2.05) is 24.3 Å². The molecule has 11 heteroatoms. The number of aryl methyl sites for hydroxylation is 1. The third-order valence-corrected chi connectivity index (χ3v) is 5.71. The van der Waals surface area contributed by atoms with E-state index in [1.165, 1.54) is 34.1 Å². The SMILES string of the molecule is Cn1nnnc1Sc1ccc([N+](=O)[O-])cc1-c1nnc(-c2ccc(C(C)(C)C)cc2)o1. The first-order chi connectivity index (χ1) is 14.7. The summed E-state index contributed by atoms with van der Waals surface area (Å²) in [6, 6.07) is 12.3. The Kier molecular flexibility index (Phi) is 5.27. The highest BCUT2D eigenvalue weighted by atomic mass is 32.2. The summed E-state index contributed by atoms with van der Waals surface area (Å²) in [6.45, 7) is 6.42. The molecule has 0 spiro atoms. The van der Waals surface area contributed by atoms with Crippen molar-refractivity contribution in [1.29, 1.82) is 0 Å². The number of hydrogen-bond acceptors (Lipinski definition) is 9. The lowest BCUT2D eigenvalue weighted by Crippen LogP contribution is -2.10. The maximum Gasteiger partial charge on any atom is 0.270 e. The molecule has 10 nitrogen and oxygen atoms in total. The predicted molar refractivity (Wildman–Crippen MR) is 113 cm³/mol. The van der Waals surface area contributed by atoms with Crippen molar-refractivity contribution < 1.29 is 9.34 Å². The van der Waals surface area contributed by atoms with Crippen LogP contribution in [0.1, 0.15) is 26.3 Å². The summed E-state index contributed by atoms with van der Waals surface area (Å²) in [6.07, 6.45) is 0. The Morgan fingerprint density at radius 1 is 1.03 bits per heavy atom. The van der Waals surface area contributed by atoms with E-state index in [2.05, 4.69) is 46.5 Å². The highest BCUT2D eigenvalue weighted by molar-refractivity contribution is 7.99. The Balaban J connectivity index is 1.72. The Morgan fingerprint density at radius 2 is 1.74 bits per heavy atom. The van der Waals surface area contributed by atoms with Gasteiger partial charge in [0.05, 0.1) is 10.5 Å². The molecule has 0 unspecified atom stereocenters. The molecule has 2 aromatic heterocycles. The van der Waals surface area contributed by atoms with Crippen molar-refractivity contribution in [1.82, 2.24) is 30.4 Å². The fraction of sp³-hybridized carbons (Fsp3) is 0.250. The van der Waals surface area contributed by atoms with Crippen LogP contribution in [0.25, 0.3) is 22.9 Å². The highest BCUT2D eigenvalue weighted by Crippen LogP contribution is 2.37. The largest absolute Gasteiger partial charge is 0.416 e. The van der Waals surface area contributed by atoms with Crippen LogP contribution in [-0.4, -0.2) is 35.3 Å². The molecule has 2 heterocycles. The van der Waals surface area contributed by atoms with Gasteiger partial charge in [0.25, 0.3) is 5.69 Å². The van der Waals surface area contributed by atoms with Crippen LogP contribution >= 0.6 is 11.8 Å². The molecule has 0 aliphatic rings. The molecule has 0 fully saturated rings. The number of aromatic nitrogens is 6. The molecule has 158 valence electrons. The van der Waals surface area contributed by atoms with Gasteiger partial charge in [-0.15, -0.1) is 15.3 Å². The second kappa shape index (κ2) is 7.91. The fourth-order valence-corrected chi connectivity index (χ4v) is 3.69. The second-order valence-corrected chi connectivity index (χ2v) is 8.87. The van der Waals surface area contributed by atoms with Crippen molar-refractivity contribution in [3.63, 3.8) is 0 Å². The summed E-state index contributed by atoms with van der Waals surface area (Å²) in [5, 5.41) is 31.5. The molecule has 31 heavy (non-hydrogen) atoms. The van der Waals surface area contributed by atoms with E-state index in [0.717, 1.165) is 5.56 Å². The third-order valence-electron chi connectivity index (χ3n) is 4.61. The van der Waals surface area contributed by atoms with E-state index in [1.54, 1.807) is 13.1 Å². The van der Waals surface area contributed by atoms with Crippen molar-refractivity contribution in [3.8, 4) is 22.9 Å². The predicted octanol–water partition coefficient (Wildman–Crippen LogP) is 4.28. The lowest BCUT2D eigenvalue weighted by Gasteiger charge is -2.18. The van der Waals surface area contributed by atoms with E-state index in [0.29, 0.717) is 21.5 Å². The zero-order valence-corrected chi connectivity index (χ0v) is 18.1. The summed E-state index contributed by atoms with van der Waals surface area (Å²) < 4.78 is 7.40. The van der Waals surface area contributed by atoms with Crippen molar-refractivity contribution in [2.24, 2.45) is 7.05 Å². The number of non-ortho nitro benzene ring substituents is 1. The van der Waals surface area contributed by atoms with Crippen LogP contribution in [0.3, 0.4) is 0 Å². The first kappa shape index (κ1) is 20.7. The second-order valence-electron chi connectivity index (χ2n) is 7.86. The van der Waals surface area contributed by atoms with Crippen LogP contribution in [0.5, 0.6) is 0 Å². The lowest BCUT2D eigenvalue weighted by atomic mass is 9.87. The topological polar surface area (TPSA) is 126 Å². The van der Waals surface area contributed by atoms with Crippen molar-refractivity contribution >= 4 is 17.4 Å². The zero-order valence-electron chi connectivity index (χ0n) is 17.3. The maximum absolute atomic E-state index is 11.3. The van der Waals surface area contributed by atoms with Gasteiger partial charge in [0.2, 0.25) is 16.9 Å². The molecule has 0 atom stereocenters. The number of nitro groups is 1. The first-order valence-electron chi connectivity index (χ1n) is 9.36. The van der Waals surface area contributed by atoms with Crippen LogP contribution in [0.2, 0.25) is 0 Å². The van der Waals surface area contributed by atoms with Crippen LogP contribution in [-0.2, 0) is 12.5 Å². The molecule has 4 aromatic rings. The minimum absolute atomic E-state index is 0.0301. The molecular weight excluding hydrogens is 418 g/mol. The Bertz CT molecular complexity index is 1240. The zero-order chi connectivity index (χ0) is 22.2. The van der Waals surface area contributed by atoms with E-state index < -0.39 is 4.92 Å². The smallest absolute Gasteiger partial charge is 0.270 e. The molecule has 0 N–H and O–H groups in total. The van der Waals surface area contributed by atoms with Gasteiger partial charge in [-0.25, -0.2) is 4.68 Å². The summed E-state index contributed by atoms with van der Waals surface area (Å²) >= 11 is 1.25. The van der Waals surface area contributed by atoms with Gasteiger partial charge < -0.3 is 4.42 Å². The summed E-state index contributed by atoms with van der Waals surface area (Å²) in [7, 11) is 1.71. The minimum Gasteiger partial charge on any atom is -0.416 e. The average Bonchev–Trinajstić information content (AvgIpc) is 3.37. The molecule has 0 aliphatic heterocycles. The van der Waals surface area contributed by atoms with E-state index in [9.17, 15) is 10.1 Å². The van der Waals surface area contributed by atoms with Crippen molar-refractivity contribution in [2.45, 2.75) is 36.2 Å².